The third-order valence-corrected chi connectivity index (χ3v) is 3.28. The summed E-state index contributed by atoms with van der Waals surface area (Å²) in [7, 11) is 0. The zero-order chi connectivity index (χ0) is 13.8. The number of benzene rings is 1. The van der Waals surface area contributed by atoms with Gasteiger partial charge in [0, 0.05) is 11.9 Å². The van der Waals surface area contributed by atoms with E-state index in [1.54, 1.807) is 0 Å². The summed E-state index contributed by atoms with van der Waals surface area (Å²) < 4.78 is 0. The van der Waals surface area contributed by atoms with Crippen molar-refractivity contribution >= 4 is 22.3 Å². The number of rotatable bonds is 5. The summed E-state index contributed by atoms with van der Waals surface area (Å²) in [6, 6.07) is 7.45. The van der Waals surface area contributed by atoms with E-state index in [2.05, 4.69) is 24.1 Å². The Labute approximate surface area is 111 Å². The molecular weight excluding hydrogens is 242 g/mol. The molecule has 1 heterocycles. The largest absolute Gasteiger partial charge is 0.379 e. The second-order valence-corrected chi connectivity index (χ2v) is 4.69. The summed E-state index contributed by atoms with van der Waals surface area (Å²) in [6.45, 7) is 4.93. The number of nitrogens with one attached hydrogen (secondary N) is 1. The van der Waals surface area contributed by atoms with Gasteiger partial charge in [-0.1, -0.05) is 38.5 Å². The van der Waals surface area contributed by atoms with Gasteiger partial charge in [0.2, 0.25) is 0 Å². The molecule has 0 saturated carbocycles. The molecule has 0 fully saturated rings. The maximum Gasteiger partial charge on any atom is 0.311 e. The van der Waals surface area contributed by atoms with Crippen molar-refractivity contribution in [1.82, 2.24) is 4.98 Å². The lowest BCUT2D eigenvalue weighted by atomic mass is 10.1. The molecule has 0 amide bonds. The Morgan fingerprint density at radius 1 is 1.42 bits per heavy atom. The Balaban J connectivity index is 2.46. The Morgan fingerprint density at radius 2 is 2.16 bits per heavy atom. The molecule has 0 saturated heterocycles. The van der Waals surface area contributed by atoms with Crippen LogP contribution in [-0.2, 0) is 0 Å². The minimum Gasteiger partial charge on any atom is -0.379 e. The highest BCUT2D eigenvalue weighted by Gasteiger charge is 2.17. The topological polar surface area (TPSA) is 68.1 Å². The van der Waals surface area contributed by atoms with Crippen molar-refractivity contribution in [3.05, 3.63) is 40.6 Å². The van der Waals surface area contributed by atoms with Gasteiger partial charge in [-0.2, -0.15) is 0 Å². The van der Waals surface area contributed by atoms with Crippen LogP contribution in [0.15, 0.2) is 30.5 Å². The number of pyridine rings is 1. The quantitative estimate of drug-likeness (QED) is 0.658. The first-order valence-corrected chi connectivity index (χ1v) is 6.39. The van der Waals surface area contributed by atoms with E-state index in [1.165, 1.54) is 6.20 Å². The predicted molar refractivity (Wildman–Crippen MR) is 76.3 cm³/mol. The minimum absolute atomic E-state index is 0.0296. The summed E-state index contributed by atoms with van der Waals surface area (Å²) in [6.07, 6.45) is 2.35. The molecule has 5 heteroatoms. The third-order valence-electron chi connectivity index (χ3n) is 3.28. The van der Waals surface area contributed by atoms with Crippen LogP contribution in [0.2, 0.25) is 0 Å². The van der Waals surface area contributed by atoms with E-state index in [0.29, 0.717) is 18.2 Å². The monoisotopic (exact) mass is 259 g/mol. The van der Waals surface area contributed by atoms with E-state index < -0.39 is 4.92 Å². The molecule has 0 aliphatic carbocycles. The van der Waals surface area contributed by atoms with E-state index in [1.807, 2.05) is 24.3 Å². The molecule has 1 N–H and O–H groups in total. The number of nitro groups is 1. The molecule has 0 aliphatic rings. The van der Waals surface area contributed by atoms with E-state index in [-0.39, 0.29) is 5.69 Å². The Kier molecular flexibility index (Phi) is 3.94. The maximum atomic E-state index is 11.1. The van der Waals surface area contributed by atoms with Crippen LogP contribution in [0, 0.1) is 16.0 Å². The summed E-state index contributed by atoms with van der Waals surface area (Å²) in [4.78, 5) is 14.8. The first-order valence-electron chi connectivity index (χ1n) is 6.39. The second kappa shape index (κ2) is 5.65. The molecule has 0 radical (unpaired) electrons. The van der Waals surface area contributed by atoms with Crippen LogP contribution in [0.25, 0.3) is 10.9 Å². The first-order chi connectivity index (χ1) is 9.13. The van der Waals surface area contributed by atoms with E-state index in [0.717, 1.165) is 17.3 Å². The molecule has 1 aromatic heterocycles. The van der Waals surface area contributed by atoms with Crippen molar-refractivity contribution in [2.45, 2.75) is 20.3 Å². The van der Waals surface area contributed by atoms with Crippen molar-refractivity contribution in [3.8, 4) is 0 Å². The van der Waals surface area contributed by atoms with Gasteiger partial charge in [0.25, 0.3) is 0 Å². The van der Waals surface area contributed by atoms with Crippen LogP contribution in [0.4, 0.5) is 11.4 Å². The number of aromatic nitrogens is 1. The number of anilines is 1. The summed E-state index contributed by atoms with van der Waals surface area (Å²) in [5.41, 5.74) is 1.36. The molecule has 0 aliphatic heterocycles. The highest BCUT2D eigenvalue weighted by atomic mass is 16.6. The molecule has 1 aromatic carbocycles. The predicted octanol–water partition coefficient (Wildman–Crippen LogP) is 3.60. The van der Waals surface area contributed by atoms with Gasteiger partial charge in [0.05, 0.1) is 10.4 Å². The lowest BCUT2D eigenvalue weighted by molar-refractivity contribution is -0.384. The standard InChI is InChI=1S/C14H17N3O2/c1-3-10(2)8-16-14-11-6-4-5-7-12(11)15-9-13(14)17(18)19/h4-7,9-10H,3,8H2,1-2H3,(H,15,16). The molecular formula is C14H17N3O2. The third kappa shape index (κ3) is 2.81. The zero-order valence-corrected chi connectivity index (χ0v) is 11.1. The highest BCUT2D eigenvalue weighted by Crippen LogP contribution is 2.31. The average Bonchev–Trinajstić information content (AvgIpc) is 2.43. The lowest BCUT2D eigenvalue weighted by Gasteiger charge is -2.13. The fourth-order valence-electron chi connectivity index (χ4n) is 1.88. The van der Waals surface area contributed by atoms with Gasteiger partial charge in [-0.05, 0) is 12.0 Å². The Hall–Kier alpha value is -2.17. The fraction of sp³-hybridized carbons (Fsp3) is 0.357. The summed E-state index contributed by atoms with van der Waals surface area (Å²) in [5.74, 6) is 0.464. The van der Waals surface area contributed by atoms with Crippen molar-refractivity contribution in [2.24, 2.45) is 5.92 Å². The van der Waals surface area contributed by atoms with Gasteiger partial charge in [-0.15, -0.1) is 0 Å². The SMILES string of the molecule is CCC(C)CNc1c([N+](=O)[O-])cnc2ccccc12. The molecule has 5 nitrogen and oxygen atoms in total. The zero-order valence-electron chi connectivity index (χ0n) is 11.1. The van der Waals surface area contributed by atoms with Crippen molar-refractivity contribution in [3.63, 3.8) is 0 Å². The molecule has 0 bridgehead atoms. The molecule has 19 heavy (non-hydrogen) atoms. The molecule has 2 aromatic rings. The first kappa shape index (κ1) is 13.3. The van der Waals surface area contributed by atoms with Crippen molar-refractivity contribution in [1.29, 1.82) is 0 Å². The number of nitrogens with zero attached hydrogens (tertiary/aromatic N) is 2. The van der Waals surface area contributed by atoms with Gasteiger partial charge < -0.3 is 5.32 Å². The Morgan fingerprint density at radius 3 is 2.84 bits per heavy atom. The summed E-state index contributed by atoms with van der Waals surface area (Å²) >= 11 is 0. The number of para-hydroxylation sites is 1. The molecule has 1 atom stereocenters. The maximum absolute atomic E-state index is 11.1. The molecule has 1 unspecified atom stereocenters. The molecule has 0 spiro atoms. The highest BCUT2D eigenvalue weighted by molar-refractivity contribution is 5.95. The van der Waals surface area contributed by atoms with E-state index >= 15 is 0 Å². The van der Waals surface area contributed by atoms with Crippen molar-refractivity contribution < 1.29 is 4.92 Å². The number of hydrogen-bond donors (Lipinski definition) is 1. The fourth-order valence-corrected chi connectivity index (χ4v) is 1.88. The van der Waals surface area contributed by atoms with Gasteiger partial charge >= 0.3 is 5.69 Å². The van der Waals surface area contributed by atoms with Crippen LogP contribution >= 0.6 is 0 Å². The van der Waals surface area contributed by atoms with Crippen LogP contribution < -0.4 is 5.32 Å². The number of hydrogen-bond acceptors (Lipinski definition) is 4. The summed E-state index contributed by atoms with van der Waals surface area (Å²) in [5, 5.41) is 15.1. The Bertz CT molecular complexity index is 598. The molecule has 100 valence electrons. The average molecular weight is 259 g/mol. The van der Waals surface area contributed by atoms with Gasteiger partial charge in [0.1, 0.15) is 11.9 Å². The van der Waals surface area contributed by atoms with Crippen LogP contribution in [0.5, 0.6) is 0 Å². The number of fused-ring (bicyclic) bond motifs is 1. The normalized spacial score (nSPS) is 12.3. The van der Waals surface area contributed by atoms with Crippen molar-refractivity contribution in [2.75, 3.05) is 11.9 Å². The van der Waals surface area contributed by atoms with Crippen LogP contribution in [0.3, 0.4) is 0 Å². The van der Waals surface area contributed by atoms with Gasteiger partial charge in [-0.3, -0.25) is 10.1 Å². The molecule has 2 rings (SSSR count). The van der Waals surface area contributed by atoms with E-state index in [4.69, 9.17) is 0 Å². The van der Waals surface area contributed by atoms with E-state index in [9.17, 15) is 10.1 Å². The van der Waals surface area contributed by atoms with Gasteiger partial charge in [0.15, 0.2) is 0 Å². The van der Waals surface area contributed by atoms with Gasteiger partial charge in [-0.25, -0.2) is 4.98 Å². The smallest absolute Gasteiger partial charge is 0.311 e. The lowest BCUT2D eigenvalue weighted by Crippen LogP contribution is -2.12. The van der Waals surface area contributed by atoms with Crippen LogP contribution in [-0.4, -0.2) is 16.5 Å². The minimum atomic E-state index is -0.390. The van der Waals surface area contributed by atoms with Crippen LogP contribution in [0.1, 0.15) is 20.3 Å². The second-order valence-electron chi connectivity index (χ2n) is 4.69.